The molecule has 0 radical (unpaired) electrons. The molecular weight excluding hydrogens is 536 g/mol. The van der Waals surface area contributed by atoms with Gasteiger partial charge >= 0.3 is 0 Å². The smallest absolute Gasteiger partial charge is 0.0724 e. The lowest BCUT2D eigenvalue weighted by Crippen LogP contribution is -1.98. The van der Waals surface area contributed by atoms with Crippen LogP contribution in [0, 0.1) is 0 Å². The quantitative estimate of drug-likeness (QED) is 0.142. The Kier molecular flexibility index (Phi) is 7.89. The second-order valence-electron chi connectivity index (χ2n) is 10.2. The minimum Gasteiger partial charge on any atom is -0.398 e. The second kappa shape index (κ2) is 12.2. The number of nitrogens with zero attached hydrogens (tertiary/aromatic N) is 2. The Labute approximate surface area is 250 Å². The Bertz CT molecular complexity index is 1960. The third kappa shape index (κ3) is 5.71. The molecule has 42 heavy (non-hydrogen) atoms. The maximum absolute atomic E-state index is 6.50. The maximum atomic E-state index is 6.50. The van der Waals surface area contributed by atoms with Gasteiger partial charge in [0.1, 0.15) is 0 Å². The Morgan fingerprint density at radius 2 is 1.48 bits per heavy atom. The first-order valence-electron chi connectivity index (χ1n) is 14.0. The molecule has 0 unspecified atom stereocenters. The average Bonchev–Trinajstić information content (AvgIpc) is 3.37. The predicted molar refractivity (Wildman–Crippen MR) is 179 cm³/mol. The number of aromatic nitrogens is 2. The van der Waals surface area contributed by atoms with Crippen LogP contribution in [0.25, 0.3) is 49.7 Å². The van der Waals surface area contributed by atoms with Crippen molar-refractivity contribution in [1.29, 1.82) is 0 Å². The van der Waals surface area contributed by atoms with Gasteiger partial charge in [0.05, 0.1) is 17.2 Å². The van der Waals surface area contributed by atoms with Crippen molar-refractivity contribution in [3.05, 3.63) is 156 Å². The van der Waals surface area contributed by atoms with Crippen LogP contribution in [0.5, 0.6) is 0 Å². The van der Waals surface area contributed by atoms with Gasteiger partial charge in [-0.2, -0.15) is 0 Å². The lowest BCUT2D eigenvalue weighted by Gasteiger charge is -2.09. The topological polar surface area (TPSA) is 69.9 Å². The summed E-state index contributed by atoms with van der Waals surface area (Å²) in [5, 5.41) is 5.38. The van der Waals surface area contributed by atoms with Crippen LogP contribution in [0.3, 0.4) is 0 Å². The summed E-state index contributed by atoms with van der Waals surface area (Å²) in [5.41, 5.74) is 19.3. The Morgan fingerprint density at radius 1 is 0.738 bits per heavy atom. The van der Waals surface area contributed by atoms with Crippen LogP contribution in [0.1, 0.15) is 24.0 Å². The number of halogens is 1. The van der Waals surface area contributed by atoms with E-state index in [2.05, 4.69) is 88.4 Å². The molecule has 0 fully saturated rings. The zero-order valence-corrected chi connectivity index (χ0v) is 23.9. The first-order valence-corrected chi connectivity index (χ1v) is 14.3. The van der Waals surface area contributed by atoms with Crippen molar-refractivity contribution in [3.8, 4) is 5.69 Å². The minimum atomic E-state index is 0.615. The van der Waals surface area contributed by atoms with Gasteiger partial charge in [-0.3, -0.25) is 4.98 Å². The minimum absolute atomic E-state index is 0.615. The van der Waals surface area contributed by atoms with Crippen molar-refractivity contribution in [3.63, 3.8) is 0 Å². The molecule has 0 aliphatic carbocycles. The lowest BCUT2D eigenvalue weighted by molar-refractivity contribution is 1.05. The van der Waals surface area contributed by atoms with Crippen LogP contribution < -0.4 is 11.5 Å². The first kappa shape index (κ1) is 27.1. The summed E-state index contributed by atoms with van der Waals surface area (Å²) in [6.45, 7) is 0. The van der Waals surface area contributed by atoms with Crippen LogP contribution in [0.2, 0.25) is 0 Å². The summed E-state index contributed by atoms with van der Waals surface area (Å²) in [5.74, 6) is 0. The first-order chi connectivity index (χ1) is 20.6. The van der Waals surface area contributed by atoms with E-state index in [4.69, 9.17) is 23.1 Å². The third-order valence-corrected chi connectivity index (χ3v) is 7.66. The zero-order valence-electron chi connectivity index (χ0n) is 23.1. The highest BCUT2D eigenvalue weighted by Gasteiger charge is 2.11. The molecule has 4 N–H and O–H groups in total. The largest absolute Gasteiger partial charge is 0.398 e. The number of pyridine rings is 1. The number of fused-ring (bicyclic) bond motifs is 4. The molecule has 5 heteroatoms. The van der Waals surface area contributed by atoms with Gasteiger partial charge in [-0.15, -0.1) is 0 Å². The Morgan fingerprint density at radius 3 is 2.33 bits per heavy atom. The Balaban J connectivity index is 1.09. The van der Waals surface area contributed by atoms with Crippen LogP contribution in [-0.2, 0) is 0 Å². The summed E-state index contributed by atoms with van der Waals surface area (Å²) >= 11 is 6.50. The standard InChI is InChI=1S/C37H31ClN4/c38-30(11-3-1-2-4-13-34(39)29-16-15-26-9-5-6-10-28(26)23-29)24-35(40)27-17-19-31(20-18-27)42-36-14-8-7-12-32(36)33-21-22-41-25-37(33)42/h2,4-25H,1,3,39-40H2/b4-2-,30-11+,34-13-,35-24-. The normalized spacial score (nSPS) is 13.1. The van der Waals surface area contributed by atoms with E-state index >= 15 is 0 Å². The number of hydrogen-bond acceptors (Lipinski definition) is 3. The molecule has 0 saturated carbocycles. The van der Waals surface area contributed by atoms with Crippen molar-refractivity contribution >= 4 is 55.6 Å². The molecule has 4 aromatic carbocycles. The van der Waals surface area contributed by atoms with E-state index in [0.717, 1.165) is 46.4 Å². The van der Waals surface area contributed by atoms with Gasteiger partial charge in [-0.05, 0) is 77.2 Å². The molecule has 0 aliphatic rings. The Hall–Kier alpha value is -5.06. The van der Waals surface area contributed by atoms with Gasteiger partial charge in [0.2, 0.25) is 0 Å². The number of allylic oxidation sites excluding steroid dienone is 6. The highest BCUT2D eigenvalue weighted by Crippen LogP contribution is 2.31. The molecule has 206 valence electrons. The van der Waals surface area contributed by atoms with Crippen molar-refractivity contribution in [2.75, 3.05) is 0 Å². The summed E-state index contributed by atoms with van der Waals surface area (Å²) in [7, 11) is 0. The fraction of sp³-hybridized carbons (Fsp3) is 0.0541. The zero-order chi connectivity index (χ0) is 28.9. The van der Waals surface area contributed by atoms with E-state index in [1.54, 1.807) is 0 Å². The summed E-state index contributed by atoms with van der Waals surface area (Å²) in [4.78, 5) is 4.36. The molecule has 0 atom stereocenters. The highest BCUT2D eigenvalue weighted by atomic mass is 35.5. The average molecular weight is 567 g/mol. The fourth-order valence-electron chi connectivity index (χ4n) is 5.24. The van der Waals surface area contributed by atoms with Gasteiger partial charge < -0.3 is 16.0 Å². The number of nitrogens with two attached hydrogens (primary N) is 2. The van der Waals surface area contributed by atoms with E-state index in [-0.39, 0.29) is 0 Å². The number of para-hydroxylation sites is 1. The van der Waals surface area contributed by atoms with Crippen molar-refractivity contribution in [2.24, 2.45) is 11.5 Å². The van der Waals surface area contributed by atoms with Crippen LogP contribution >= 0.6 is 11.6 Å². The van der Waals surface area contributed by atoms with Gasteiger partial charge in [0, 0.05) is 39.1 Å². The van der Waals surface area contributed by atoms with Crippen molar-refractivity contribution < 1.29 is 0 Å². The predicted octanol–water partition coefficient (Wildman–Crippen LogP) is 9.09. The maximum Gasteiger partial charge on any atom is 0.0724 e. The van der Waals surface area contributed by atoms with Crippen molar-refractivity contribution in [2.45, 2.75) is 12.8 Å². The third-order valence-electron chi connectivity index (χ3n) is 7.40. The van der Waals surface area contributed by atoms with Gasteiger partial charge in [0.25, 0.3) is 0 Å². The number of hydrogen-bond donors (Lipinski definition) is 2. The van der Waals surface area contributed by atoms with Crippen LogP contribution in [-0.4, -0.2) is 9.55 Å². The highest BCUT2D eigenvalue weighted by molar-refractivity contribution is 6.31. The molecule has 6 rings (SSSR count). The van der Waals surface area contributed by atoms with E-state index < -0.39 is 0 Å². The van der Waals surface area contributed by atoms with E-state index in [0.29, 0.717) is 10.7 Å². The fourth-order valence-corrected chi connectivity index (χ4v) is 5.47. The van der Waals surface area contributed by atoms with E-state index in [9.17, 15) is 0 Å². The monoisotopic (exact) mass is 566 g/mol. The van der Waals surface area contributed by atoms with Gasteiger partial charge in [0.15, 0.2) is 0 Å². The molecule has 4 nitrogen and oxygen atoms in total. The number of benzene rings is 4. The van der Waals surface area contributed by atoms with E-state index in [1.807, 2.05) is 61.0 Å². The molecule has 6 aromatic rings. The molecule has 0 bridgehead atoms. The van der Waals surface area contributed by atoms with Crippen LogP contribution in [0.15, 0.2) is 145 Å². The summed E-state index contributed by atoms with van der Waals surface area (Å²) < 4.78 is 2.23. The SMILES string of the molecule is N/C(=C\C(Cl)=C/CC/C=C\C=C(/N)c1ccc2ccccc2c1)c1ccc(-n2c3ccccc3c3ccncc32)cc1. The lowest BCUT2D eigenvalue weighted by atomic mass is 10.1. The van der Waals surface area contributed by atoms with E-state index in [1.165, 1.54) is 21.5 Å². The molecule has 0 spiro atoms. The second-order valence-corrected chi connectivity index (χ2v) is 10.6. The summed E-state index contributed by atoms with van der Waals surface area (Å²) in [6, 6.07) is 33.2. The molecule has 2 heterocycles. The molecule has 0 amide bonds. The van der Waals surface area contributed by atoms with Gasteiger partial charge in [-0.1, -0.05) is 96.6 Å². The molecule has 0 aliphatic heterocycles. The number of unbranched alkanes of at least 4 members (excludes halogenated alkanes) is 1. The summed E-state index contributed by atoms with van der Waals surface area (Å²) in [6.07, 6.45) is 15.2. The van der Waals surface area contributed by atoms with Gasteiger partial charge in [-0.25, -0.2) is 0 Å². The molecule has 2 aromatic heterocycles. The molecular formula is C37H31ClN4. The number of rotatable bonds is 8. The van der Waals surface area contributed by atoms with Crippen molar-refractivity contribution in [1.82, 2.24) is 9.55 Å². The van der Waals surface area contributed by atoms with Crippen LogP contribution in [0.4, 0.5) is 0 Å². The molecule has 0 saturated heterocycles.